The lowest BCUT2D eigenvalue weighted by Crippen LogP contribution is -2.57. The van der Waals surface area contributed by atoms with Gasteiger partial charge in [0.1, 0.15) is 0 Å². The third-order valence-corrected chi connectivity index (χ3v) is 5.89. The molecule has 1 saturated heterocycles. The van der Waals surface area contributed by atoms with Crippen LogP contribution in [0.15, 0.2) is 24.3 Å². The maximum Gasteiger partial charge on any atom is 0.227 e. The van der Waals surface area contributed by atoms with Crippen LogP contribution in [0, 0.1) is 12.8 Å². The molecule has 1 aliphatic carbocycles. The van der Waals surface area contributed by atoms with Crippen molar-refractivity contribution in [2.24, 2.45) is 11.7 Å². The monoisotopic (exact) mass is 329 g/mol. The van der Waals surface area contributed by atoms with E-state index in [9.17, 15) is 4.79 Å². The Hall–Kier alpha value is -1.39. The lowest BCUT2D eigenvalue weighted by atomic mass is 9.74. The highest BCUT2D eigenvalue weighted by Crippen LogP contribution is 2.33. The molecule has 1 saturated carbocycles. The van der Waals surface area contributed by atoms with Crippen molar-refractivity contribution >= 4 is 5.91 Å². The number of hydrogen-bond donors (Lipinski definition) is 1. The lowest BCUT2D eigenvalue weighted by molar-refractivity contribution is -0.140. The zero-order chi connectivity index (χ0) is 17.2. The van der Waals surface area contributed by atoms with Crippen LogP contribution >= 0.6 is 0 Å². The zero-order valence-corrected chi connectivity index (χ0v) is 15.1. The number of aryl methyl sites for hydroxylation is 1. The lowest BCUT2D eigenvalue weighted by Gasteiger charge is -2.42. The first-order chi connectivity index (χ1) is 11.5. The molecule has 0 bridgehead atoms. The van der Waals surface area contributed by atoms with E-state index >= 15 is 0 Å². The van der Waals surface area contributed by atoms with Crippen LogP contribution in [0.25, 0.3) is 0 Å². The van der Waals surface area contributed by atoms with E-state index in [2.05, 4.69) is 47.9 Å². The second-order valence-corrected chi connectivity index (χ2v) is 7.83. The van der Waals surface area contributed by atoms with Gasteiger partial charge in [-0.3, -0.25) is 9.69 Å². The minimum absolute atomic E-state index is 0.00849. The van der Waals surface area contributed by atoms with Crippen molar-refractivity contribution in [3.8, 4) is 0 Å². The van der Waals surface area contributed by atoms with Crippen LogP contribution < -0.4 is 5.73 Å². The molecule has 1 aromatic carbocycles. The van der Waals surface area contributed by atoms with Crippen molar-refractivity contribution in [1.82, 2.24) is 9.80 Å². The average Bonchev–Trinajstić information content (AvgIpc) is 2.57. The Balaban J connectivity index is 1.55. The summed E-state index contributed by atoms with van der Waals surface area (Å²) in [6.45, 7) is 8.77. The normalized spacial score (nSPS) is 28.8. The molecule has 0 spiro atoms. The highest BCUT2D eigenvalue weighted by molar-refractivity contribution is 5.80. The molecular formula is C20H31N3O. The smallest absolute Gasteiger partial charge is 0.227 e. The summed E-state index contributed by atoms with van der Waals surface area (Å²) < 4.78 is 0. The number of rotatable bonds is 3. The molecule has 0 radical (unpaired) electrons. The van der Waals surface area contributed by atoms with Gasteiger partial charge < -0.3 is 10.6 Å². The fourth-order valence-electron chi connectivity index (χ4n) is 4.14. The highest BCUT2D eigenvalue weighted by atomic mass is 16.2. The Morgan fingerprint density at radius 1 is 1.21 bits per heavy atom. The molecule has 4 heteroatoms. The summed E-state index contributed by atoms with van der Waals surface area (Å²) in [6.07, 6.45) is 4.21. The van der Waals surface area contributed by atoms with E-state index in [1.165, 1.54) is 11.1 Å². The SMILES string of the molecule is Cc1ccccc1CN1CCN(C(=O)C2CCCCC2(C)N)CC1. The van der Waals surface area contributed by atoms with Gasteiger partial charge in [0.2, 0.25) is 5.91 Å². The molecule has 2 unspecified atom stereocenters. The molecule has 4 nitrogen and oxygen atoms in total. The first-order valence-corrected chi connectivity index (χ1v) is 9.32. The minimum Gasteiger partial charge on any atom is -0.340 e. The van der Waals surface area contributed by atoms with Gasteiger partial charge in [-0.1, -0.05) is 37.1 Å². The summed E-state index contributed by atoms with van der Waals surface area (Å²) in [5, 5.41) is 0. The van der Waals surface area contributed by atoms with Crippen molar-refractivity contribution in [2.75, 3.05) is 26.2 Å². The minimum atomic E-state index is -0.326. The predicted molar refractivity (Wildman–Crippen MR) is 97.6 cm³/mol. The largest absolute Gasteiger partial charge is 0.340 e. The Bertz CT molecular complexity index is 576. The molecule has 2 fully saturated rings. The van der Waals surface area contributed by atoms with Crippen molar-refractivity contribution in [3.63, 3.8) is 0 Å². The summed E-state index contributed by atoms with van der Waals surface area (Å²) in [7, 11) is 0. The average molecular weight is 329 g/mol. The summed E-state index contributed by atoms with van der Waals surface area (Å²) in [5.41, 5.74) is 8.82. The first kappa shape index (κ1) is 17.4. The molecule has 1 aliphatic heterocycles. The Morgan fingerprint density at radius 3 is 2.58 bits per heavy atom. The number of nitrogens with zero attached hydrogens (tertiary/aromatic N) is 2. The van der Waals surface area contributed by atoms with Gasteiger partial charge in [0.05, 0.1) is 5.92 Å². The van der Waals surface area contributed by atoms with Crippen LogP contribution in [0.1, 0.15) is 43.7 Å². The second-order valence-electron chi connectivity index (χ2n) is 7.83. The fraction of sp³-hybridized carbons (Fsp3) is 0.650. The standard InChI is InChI=1S/C20H31N3O/c1-16-7-3-4-8-17(16)15-22-11-13-23(14-12-22)19(24)18-9-5-6-10-20(18,2)21/h3-4,7-8,18H,5-6,9-15,21H2,1-2H3. The molecule has 2 aliphatic rings. The van der Waals surface area contributed by atoms with Gasteiger partial charge in [0, 0.05) is 38.3 Å². The number of amides is 1. The van der Waals surface area contributed by atoms with Crippen molar-refractivity contribution < 1.29 is 4.79 Å². The topological polar surface area (TPSA) is 49.6 Å². The molecule has 1 aromatic rings. The van der Waals surface area contributed by atoms with Gasteiger partial charge in [-0.2, -0.15) is 0 Å². The highest BCUT2D eigenvalue weighted by Gasteiger charge is 2.40. The second kappa shape index (κ2) is 7.24. The fourth-order valence-corrected chi connectivity index (χ4v) is 4.14. The van der Waals surface area contributed by atoms with Crippen LogP contribution in [0.2, 0.25) is 0 Å². The maximum absolute atomic E-state index is 12.9. The zero-order valence-electron chi connectivity index (χ0n) is 15.1. The third kappa shape index (κ3) is 3.81. The molecule has 24 heavy (non-hydrogen) atoms. The van der Waals surface area contributed by atoms with Gasteiger partial charge in [-0.15, -0.1) is 0 Å². The number of piperazine rings is 1. The summed E-state index contributed by atoms with van der Waals surface area (Å²) in [6, 6.07) is 8.56. The summed E-state index contributed by atoms with van der Waals surface area (Å²) >= 11 is 0. The van der Waals surface area contributed by atoms with Gasteiger partial charge in [0.15, 0.2) is 0 Å². The molecule has 1 heterocycles. The number of benzene rings is 1. The third-order valence-electron chi connectivity index (χ3n) is 5.89. The summed E-state index contributed by atoms with van der Waals surface area (Å²) in [4.78, 5) is 17.4. The van der Waals surface area contributed by atoms with Gasteiger partial charge in [-0.25, -0.2) is 0 Å². The van der Waals surface area contributed by atoms with Crippen LogP contribution in [-0.4, -0.2) is 47.4 Å². The van der Waals surface area contributed by atoms with Crippen molar-refractivity contribution in [3.05, 3.63) is 35.4 Å². The van der Waals surface area contributed by atoms with E-state index in [0.29, 0.717) is 0 Å². The van der Waals surface area contributed by atoms with Crippen molar-refractivity contribution in [2.45, 2.75) is 51.6 Å². The van der Waals surface area contributed by atoms with Crippen molar-refractivity contribution in [1.29, 1.82) is 0 Å². The molecule has 0 aromatic heterocycles. The number of nitrogens with two attached hydrogens (primary N) is 1. The molecule has 1 amide bonds. The Labute approximate surface area is 146 Å². The summed E-state index contributed by atoms with van der Waals surface area (Å²) in [5.74, 6) is 0.296. The van der Waals surface area contributed by atoms with Crippen LogP contribution in [0.5, 0.6) is 0 Å². The van der Waals surface area contributed by atoms with E-state index in [0.717, 1.165) is 58.4 Å². The van der Waals surface area contributed by atoms with Crippen LogP contribution in [0.4, 0.5) is 0 Å². The number of hydrogen-bond acceptors (Lipinski definition) is 3. The molecule has 3 rings (SSSR count). The van der Waals surface area contributed by atoms with E-state index in [4.69, 9.17) is 5.73 Å². The van der Waals surface area contributed by atoms with Gasteiger partial charge >= 0.3 is 0 Å². The molecule has 132 valence electrons. The Kier molecular flexibility index (Phi) is 5.26. The van der Waals surface area contributed by atoms with Crippen LogP contribution in [0.3, 0.4) is 0 Å². The molecule has 2 N–H and O–H groups in total. The van der Waals surface area contributed by atoms with Gasteiger partial charge in [0.25, 0.3) is 0 Å². The first-order valence-electron chi connectivity index (χ1n) is 9.32. The molecular weight excluding hydrogens is 298 g/mol. The van der Waals surface area contributed by atoms with E-state index in [1.807, 2.05) is 0 Å². The quantitative estimate of drug-likeness (QED) is 0.927. The van der Waals surface area contributed by atoms with Crippen LogP contribution in [-0.2, 0) is 11.3 Å². The molecule has 2 atom stereocenters. The van der Waals surface area contributed by atoms with E-state index < -0.39 is 0 Å². The van der Waals surface area contributed by atoms with E-state index in [-0.39, 0.29) is 17.4 Å². The van der Waals surface area contributed by atoms with E-state index in [1.54, 1.807) is 0 Å². The number of carbonyl (C=O) groups is 1. The maximum atomic E-state index is 12.9. The number of carbonyl (C=O) groups excluding carboxylic acids is 1. The van der Waals surface area contributed by atoms with Gasteiger partial charge in [-0.05, 0) is 37.8 Å². The Morgan fingerprint density at radius 2 is 1.92 bits per heavy atom. The predicted octanol–water partition coefficient (Wildman–Crippen LogP) is 2.55.